The molecule has 6 nitrogen and oxygen atoms in total. The van der Waals surface area contributed by atoms with E-state index in [2.05, 4.69) is 97.5 Å². The number of benzene rings is 2. The Hall–Kier alpha value is -3.54. The molecule has 0 spiro atoms. The molecule has 2 amide bonds. The molecule has 1 saturated heterocycles. The number of carbonyl (C=O) groups is 2. The van der Waals surface area contributed by atoms with Gasteiger partial charge >= 0.3 is 0 Å². The van der Waals surface area contributed by atoms with Crippen molar-refractivity contribution in [3.8, 4) is 0 Å². The number of allylic oxidation sites excluding steroid dienone is 4. The average molecular weight is 513 g/mol. The van der Waals surface area contributed by atoms with Gasteiger partial charge in [-0.1, -0.05) is 47.6 Å². The van der Waals surface area contributed by atoms with Crippen molar-refractivity contribution < 1.29 is 9.59 Å². The molecule has 4 N–H and O–H groups in total. The van der Waals surface area contributed by atoms with E-state index in [1.54, 1.807) is 0 Å². The van der Waals surface area contributed by atoms with E-state index < -0.39 is 12.1 Å². The minimum atomic E-state index is -0.506. The first kappa shape index (κ1) is 26.1. The van der Waals surface area contributed by atoms with E-state index >= 15 is 0 Å². The van der Waals surface area contributed by atoms with Crippen molar-refractivity contribution in [1.29, 1.82) is 0 Å². The molecule has 200 valence electrons. The van der Waals surface area contributed by atoms with Gasteiger partial charge in [0.15, 0.2) is 0 Å². The number of hydrogen-bond donors (Lipinski definition) is 4. The molecule has 3 aliphatic heterocycles. The second kappa shape index (κ2) is 11.1. The van der Waals surface area contributed by atoms with Crippen LogP contribution in [0.3, 0.4) is 0 Å². The van der Waals surface area contributed by atoms with Crippen LogP contribution in [0.15, 0.2) is 59.7 Å². The van der Waals surface area contributed by atoms with E-state index in [1.165, 1.54) is 33.4 Å². The molecule has 3 aliphatic rings. The second-order valence-corrected chi connectivity index (χ2v) is 11.6. The molecule has 0 aliphatic carbocycles. The van der Waals surface area contributed by atoms with Crippen molar-refractivity contribution in [1.82, 2.24) is 10.6 Å². The summed E-state index contributed by atoms with van der Waals surface area (Å²) in [6, 6.07) is 12.1. The fourth-order valence-electron chi connectivity index (χ4n) is 5.81. The summed E-state index contributed by atoms with van der Waals surface area (Å²) in [7, 11) is 0. The quantitative estimate of drug-likeness (QED) is 0.367. The van der Waals surface area contributed by atoms with Crippen LogP contribution >= 0.6 is 0 Å². The van der Waals surface area contributed by atoms with Gasteiger partial charge in [-0.2, -0.15) is 0 Å². The van der Waals surface area contributed by atoms with E-state index in [0.717, 1.165) is 37.3 Å². The molecule has 2 aromatic rings. The summed E-state index contributed by atoms with van der Waals surface area (Å²) in [4.78, 5) is 26.1. The summed E-state index contributed by atoms with van der Waals surface area (Å²) in [5, 5.41) is 13.1. The van der Waals surface area contributed by atoms with Gasteiger partial charge in [-0.05, 0) is 87.8 Å². The first-order chi connectivity index (χ1) is 18.3. The van der Waals surface area contributed by atoms with Crippen LogP contribution in [0.1, 0.15) is 74.6 Å². The highest BCUT2D eigenvalue weighted by atomic mass is 16.2. The average Bonchev–Trinajstić information content (AvgIpc) is 3.47. The second-order valence-electron chi connectivity index (χ2n) is 11.6. The van der Waals surface area contributed by atoms with Crippen molar-refractivity contribution in [2.75, 3.05) is 23.7 Å². The van der Waals surface area contributed by atoms with Crippen LogP contribution in [0, 0.1) is 0 Å². The lowest BCUT2D eigenvalue weighted by molar-refractivity contribution is -0.137. The molecule has 0 bridgehead atoms. The highest BCUT2D eigenvalue weighted by molar-refractivity contribution is 5.97. The lowest BCUT2D eigenvalue weighted by Crippen LogP contribution is -2.62. The zero-order valence-electron chi connectivity index (χ0n) is 23.0. The number of carbonyl (C=O) groups excluding carboxylic acids is 2. The Kier molecular flexibility index (Phi) is 7.59. The van der Waals surface area contributed by atoms with Crippen molar-refractivity contribution in [3.05, 3.63) is 82.0 Å². The van der Waals surface area contributed by atoms with Gasteiger partial charge in [0.2, 0.25) is 11.8 Å². The number of rotatable bonds is 8. The van der Waals surface area contributed by atoms with Gasteiger partial charge in [0.05, 0.1) is 0 Å². The van der Waals surface area contributed by atoms with Crippen LogP contribution in [0.5, 0.6) is 0 Å². The Morgan fingerprint density at radius 2 is 1.13 bits per heavy atom. The van der Waals surface area contributed by atoms with Gasteiger partial charge in [0.25, 0.3) is 0 Å². The predicted molar refractivity (Wildman–Crippen MR) is 155 cm³/mol. The molecule has 5 rings (SSSR count). The lowest BCUT2D eigenvalue weighted by Gasteiger charge is -2.32. The third kappa shape index (κ3) is 5.79. The monoisotopic (exact) mass is 512 g/mol. The number of fused-ring (bicyclic) bond motifs is 2. The first-order valence-corrected chi connectivity index (χ1v) is 13.9. The number of amides is 2. The summed E-state index contributed by atoms with van der Waals surface area (Å²) in [5.41, 5.74) is 9.92. The van der Waals surface area contributed by atoms with Gasteiger partial charge in [-0.15, -0.1) is 0 Å². The molecular weight excluding hydrogens is 472 g/mol. The fraction of sp³-hybridized carbons (Fsp3) is 0.438. The third-order valence-corrected chi connectivity index (χ3v) is 7.99. The standard InChI is InChI=1S/C32H40N4O2/c1-19(2)5-7-21-9-11-25-23(17-33-27(25)13-21)15-29-31(37)36-30(32(38)35-29)16-24-18-34-28-14-22(8-6-20(3)4)10-12-26(24)28/h5-6,9-14,23-24,29-30,33-34H,7-8,15-18H2,1-4H3,(H,35,38)(H,36,37). The molecule has 0 aromatic heterocycles. The number of nitrogens with one attached hydrogen (secondary N) is 4. The first-order valence-electron chi connectivity index (χ1n) is 13.9. The van der Waals surface area contributed by atoms with Crippen molar-refractivity contribution >= 4 is 23.2 Å². The predicted octanol–water partition coefficient (Wildman–Crippen LogP) is 5.19. The molecular formula is C32H40N4O2. The number of anilines is 2. The van der Waals surface area contributed by atoms with E-state index in [0.29, 0.717) is 12.8 Å². The molecule has 4 atom stereocenters. The lowest BCUT2D eigenvalue weighted by atomic mass is 9.89. The van der Waals surface area contributed by atoms with Crippen LogP contribution in [-0.4, -0.2) is 37.0 Å². The number of hydrogen-bond acceptors (Lipinski definition) is 4. The Morgan fingerprint density at radius 1 is 0.711 bits per heavy atom. The van der Waals surface area contributed by atoms with E-state index in [9.17, 15) is 9.59 Å². The van der Waals surface area contributed by atoms with Gasteiger partial charge in [-0.25, -0.2) is 0 Å². The number of piperazine rings is 1. The van der Waals surface area contributed by atoms with Crippen molar-refractivity contribution in [2.24, 2.45) is 0 Å². The molecule has 38 heavy (non-hydrogen) atoms. The maximum Gasteiger partial charge on any atom is 0.243 e. The third-order valence-electron chi connectivity index (χ3n) is 7.99. The molecule has 3 heterocycles. The fourth-order valence-corrected chi connectivity index (χ4v) is 5.81. The largest absolute Gasteiger partial charge is 0.384 e. The normalized spacial score (nSPS) is 23.4. The maximum atomic E-state index is 13.1. The summed E-state index contributed by atoms with van der Waals surface area (Å²) < 4.78 is 0. The van der Waals surface area contributed by atoms with Gasteiger partial charge < -0.3 is 21.3 Å². The van der Waals surface area contributed by atoms with E-state index in [-0.39, 0.29) is 23.7 Å². The summed E-state index contributed by atoms with van der Waals surface area (Å²) in [6.07, 6.45) is 7.50. The van der Waals surface area contributed by atoms with Gasteiger partial charge in [0.1, 0.15) is 12.1 Å². The zero-order valence-corrected chi connectivity index (χ0v) is 23.0. The Bertz CT molecular complexity index is 1190. The summed E-state index contributed by atoms with van der Waals surface area (Å²) in [6.45, 7) is 10.0. The SMILES string of the molecule is CC(C)=CCc1ccc2c(c1)NCC2CC1NC(=O)C(CC2CNc3cc(CC=C(C)C)ccc32)NC1=O. The Morgan fingerprint density at radius 3 is 1.53 bits per heavy atom. The maximum absolute atomic E-state index is 13.1. The molecule has 0 saturated carbocycles. The topological polar surface area (TPSA) is 82.3 Å². The van der Waals surface area contributed by atoms with Crippen molar-refractivity contribution in [3.63, 3.8) is 0 Å². The zero-order chi connectivity index (χ0) is 26.8. The van der Waals surface area contributed by atoms with E-state index in [4.69, 9.17) is 0 Å². The summed E-state index contributed by atoms with van der Waals surface area (Å²) in [5.74, 6) is 0.237. The highest BCUT2D eigenvalue weighted by Gasteiger charge is 2.38. The molecule has 1 fully saturated rings. The van der Waals surface area contributed by atoms with Gasteiger partial charge in [-0.3, -0.25) is 9.59 Å². The van der Waals surface area contributed by atoms with E-state index in [1.807, 2.05) is 0 Å². The van der Waals surface area contributed by atoms with Crippen LogP contribution < -0.4 is 21.3 Å². The smallest absolute Gasteiger partial charge is 0.243 e. The van der Waals surface area contributed by atoms with Crippen LogP contribution in [-0.2, 0) is 22.4 Å². The van der Waals surface area contributed by atoms with Crippen LogP contribution in [0.25, 0.3) is 0 Å². The van der Waals surface area contributed by atoms with Crippen molar-refractivity contribution in [2.45, 2.75) is 77.3 Å². The molecule has 2 aromatic carbocycles. The Balaban J connectivity index is 1.18. The molecule has 0 radical (unpaired) electrons. The minimum Gasteiger partial charge on any atom is -0.384 e. The minimum absolute atomic E-state index is 0.0773. The van der Waals surface area contributed by atoms with Crippen LogP contribution in [0.2, 0.25) is 0 Å². The Labute approximate surface area is 226 Å². The molecule has 6 heteroatoms. The highest BCUT2D eigenvalue weighted by Crippen LogP contribution is 2.37. The summed E-state index contributed by atoms with van der Waals surface area (Å²) >= 11 is 0. The van der Waals surface area contributed by atoms with Gasteiger partial charge in [0, 0.05) is 36.3 Å². The molecule has 4 unspecified atom stereocenters. The van der Waals surface area contributed by atoms with Crippen LogP contribution in [0.4, 0.5) is 11.4 Å².